The molecule has 9 rings (SSSR count). The topological polar surface area (TPSA) is 374 Å². The van der Waals surface area contributed by atoms with Crippen molar-refractivity contribution in [2.75, 3.05) is 144 Å². The van der Waals surface area contributed by atoms with Crippen molar-refractivity contribution >= 4 is 75.5 Å². The van der Waals surface area contributed by atoms with Gasteiger partial charge in [-0.15, -0.1) is 5.10 Å². The SMILES string of the molecule is CCc1c2c(nc3ccc(O)cc13)-c1cc3c(c(=O)n1C2)COC(=O)[C@@]3(CC)OC(=O)OCc1ccc(NC(=O)[C@H](CCCCN)CC(=O)COCC(=O)CCCOCCOCCOCCOCCOCCOCCOCCOCCn2cc(CCC(=O)C3CCC(CN4C(=O)CC(SC)C4=O)CC3)nn2)cc1. The van der Waals surface area contributed by atoms with Crippen LogP contribution in [0, 0.1) is 17.8 Å². The Morgan fingerprint density at radius 3 is 2.00 bits per heavy atom. The zero-order valence-electron chi connectivity index (χ0n) is 62.3. The number of rotatable bonds is 52. The summed E-state index contributed by atoms with van der Waals surface area (Å²) in [5, 5.41) is 22.0. The van der Waals surface area contributed by atoms with Gasteiger partial charge in [-0.25, -0.2) is 19.3 Å². The summed E-state index contributed by atoms with van der Waals surface area (Å²) in [6.45, 7) is 10.6. The van der Waals surface area contributed by atoms with Crippen molar-refractivity contribution in [3.05, 3.63) is 98.6 Å². The molecule has 3 aliphatic heterocycles. The Kier molecular flexibility index (Phi) is 34.3. The number of benzene rings is 2. The molecule has 2 aromatic carbocycles. The molecule has 1 saturated carbocycles. The minimum atomic E-state index is -2.00. The quantitative estimate of drug-likeness (QED) is 0.0198. The molecule has 590 valence electrons. The fourth-order valence-corrected chi connectivity index (χ4v) is 14.3. The molecule has 0 radical (unpaired) electrons. The Balaban J connectivity index is 0.525. The fraction of sp³-hybridized carbons (Fsp3) is 0.610. The number of thioether (sulfide) groups is 1. The van der Waals surface area contributed by atoms with Gasteiger partial charge in [-0.2, -0.15) is 11.8 Å². The van der Waals surface area contributed by atoms with Gasteiger partial charge in [-0.3, -0.25) is 38.5 Å². The molecular weight excluding hydrogens is 1420 g/mol. The number of Topliss-reactive ketones (excluding diaryl/α,β-unsaturated/α-hetero) is 3. The lowest BCUT2D eigenvalue weighted by atomic mass is 9.79. The number of hydrogen-bond acceptors (Lipinski definition) is 27. The third-order valence-corrected chi connectivity index (χ3v) is 20.5. The van der Waals surface area contributed by atoms with Crippen LogP contribution in [0.3, 0.4) is 0 Å². The summed E-state index contributed by atoms with van der Waals surface area (Å²) in [7, 11) is 0. The highest BCUT2D eigenvalue weighted by atomic mass is 32.2. The van der Waals surface area contributed by atoms with E-state index in [1.807, 2.05) is 19.4 Å². The van der Waals surface area contributed by atoms with E-state index >= 15 is 0 Å². The number of phenolic OH excluding ortho intramolecular Hbond substituents is 1. The number of likely N-dealkylation sites (tertiary alicyclic amines) is 1. The van der Waals surface area contributed by atoms with Crippen molar-refractivity contribution in [2.45, 2.75) is 147 Å². The minimum absolute atomic E-state index is 0.00892. The summed E-state index contributed by atoms with van der Waals surface area (Å²) < 4.78 is 70.2. The van der Waals surface area contributed by atoms with Crippen LogP contribution in [0.5, 0.6) is 5.75 Å². The molecule has 1 aliphatic carbocycles. The first-order chi connectivity index (χ1) is 52.5. The van der Waals surface area contributed by atoms with Crippen LogP contribution in [0.15, 0.2) is 59.5 Å². The van der Waals surface area contributed by atoms with E-state index in [0.717, 1.165) is 47.9 Å². The summed E-state index contributed by atoms with van der Waals surface area (Å²) in [6.07, 6.45) is 9.76. The maximum Gasteiger partial charge on any atom is 0.510 e. The van der Waals surface area contributed by atoms with E-state index < -0.39 is 29.2 Å². The summed E-state index contributed by atoms with van der Waals surface area (Å²) in [5.41, 5.74) is 8.80. The number of ether oxygens (including phenoxy) is 12. The van der Waals surface area contributed by atoms with Crippen molar-refractivity contribution in [2.24, 2.45) is 23.5 Å². The van der Waals surface area contributed by atoms with Crippen LogP contribution in [0.25, 0.3) is 22.3 Å². The van der Waals surface area contributed by atoms with Crippen molar-refractivity contribution in [1.82, 2.24) is 29.4 Å². The Morgan fingerprint density at radius 2 is 1.38 bits per heavy atom. The summed E-state index contributed by atoms with van der Waals surface area (Å²) in [4.78, 5) is 125. The number of nitrogens with two attached hydrogens (primary N) is 1. The number of hydrogen-bond donors (Lipinski definition) is 3. The molecule has 5 aromatic rings. The molecular formula is C77H104N8O22S. The molecule has 3 atom stereocenters. The van der Waals surface area contributed by atoms with E-state index in [0.29, 0.717) is 198 Å². The number of nitrogens with one attached hydrogen (secondary N) is 1. The average Bonchev–Trinajstić information content (AvgIpc) is 1.50. The van der Waals surface area contributed by atoms with Crippen LogP contribution in [-0.2, 0) is 135 Å². The summed E-state index contributed by atoms with van der Waals surface area (Å²) in [6, 6.07) is 13.1. The third-order valence-electron chi connectivity index (χ3n) is 19.6. The predicted octanol–water partition coefficient (Wildman–Crippen LogP) is 6.94. The maximum atomic E-state index is 14.1. The van der Waals surface area contributed by atoms with Gasteiger partial charge in [-0.1, -0.05) is 37.6 Å². The maximum absolute atomic E-state index is 14.1. The molecule has 4 aliphatic rings. The first-order valence-electron chi connectivity index (χ1n) is 37.6. The van der Waals surface area contributed by atoms with Crippen LogP contribution in [-0.4, -0.2) is 225 Å². The number of pyridine rings is 2. The summed E-state index contributed by atoms with van der Waals surface area (Å²) >= 11 is 1.43. The second-order valence-corrected chi connectivity index (χ2v) is 28.1. The Labute approximate surface area is 632 Å². The molecule has 4 N–H and O–H groups in total. The number of amides is 3. The number of carbonyl (C=O) groups excluding carboxylic acids is 8. The number of aromatic hydroxyl groups is 1. The van der Waals surface area contributed by atoms with E-state index in [1.165, 1.54) is 16.7 Å². The normalized spacial score (nSPS) is 17.7. The number of imide groups is 1. The number of fused-ring (bicyclic) bond motifs is 5. The smallest absolute Gasteiger partial charge is 0.508 e. The fourth-order valence-electron chi connectivity index (χ4n) is 13.6. The van der Waals surface area contributed by atoms with Gasteiger partial charge in [0.25, 0.3) is 5.56 Å². The number of ketones is 3. The van der Waals surface area contributed by atoms with Gasteiger partial charge >= 0.3 is 12.1 Å². The van der Waals surface area contributed by atoms with E-state index in [1.54, 1.807) is 64.7 Å². The van der Waals surface area contributed by atoms with Gasteiger partial charge in [0.05, 0.1) is 146 Å². The van der Waals surface area contributed by atoms with Crippen LogP contribution < -0.4 is 16.6 Å². The largest absolute Gasteiger partial charge is 0.510 e. The lowest BCUT2D eigenvalue weighted by Gasteiger charge is -2.35. The molecule has 108 heavy (non-hydrogen) atoms. The zero-order chi connectivity index (χ0) is 76.6. The van der Waals surface area contributed by atoms with Crippen LogP contribution in [0.1, 0.15) is 131 Å². The molecule has 1 saturated heterocycles. The number of cyclic esters (lactones) is 1. The third kappa shape index (κ3) is 24.5. The number of nitrogens with zero attached hydrogens (tertiary/aromatic N) is 6. The number of esters is 1. The molecule has 2 fully saturated rings. The molecule has 3 aromatic heterocycles. The van der Waals surface area contributed by atoms with Gasteiger partial charge in [0.2, 0.25) is 23.3 Å². The number of aryl methyl sites for hydroxylation is 2. The Morgan fingerprint density at radius 1 is 0.741 bits per heavy atom. The van der Waals surface area contributed by atoms with E-state index in [9.17, 15) is 48.3 Å². The highest BCUT2D eigenvalue weighted by Gasteiger charge is 2.51. The first kappa shape index (κ1) is 84.1. The minimum Gasteiger partial charge on any atom is -0.508 e. The van der Waals surface area contributed by atoms with E-state index in [-0.39, 0.29) is 128 Å². The predicted molar refractivity (Wildman–Crippen MR) is 395 cm³/mol. The van der Waals surface area contributed by atoms with Gasteiger partial charge in [0.15, 0.2) is 11.6 Å². The highest BCUT2D eigenvalue weighted by molar-refractivity contribution is 8.00. The number of anilines is 1. The lowest BCUT2D eigenvalue weighted by molar-refractivity contribution is -0.175. The van der Waals surface area contributed by atoms with Crippen molar-refractivity contribution < 1.29 is 100 Å². The van der Waals surface area contributed by atoms with Crippen molar-refractivity contribution in [3.63, 3.8) is 0 Å². The van der Waals surface area contributed by atoms with E-state index in [2.05, 4.69) is 15.6 Å². The molecule has 6 heterocycles. The van der Waals surface area contributed by atoms with Gasteiger partial charge in [-0.05, 0) is 124 Å². The number of unbranched alkanes of at least 4 members (excludes halogenated alkanes) is 1. The standard InChI is InChI=1S/C77H104N8O22S/c1-4-61-62-42-58(86)20-21-66(62)80-71-63(61)47-84-67(71)43-65-64(73(84)92)51-105-75(94)77(65,5-2)107-76(95)106-48-53-13-17-56(18-14-53)79-72(91)55(9-6-7-23-78)41-60(88)50-104-49-59(87)10-8-25-96-27-29-98-31-33-100-35-37-102-39-40-103-38-36-101-34-32-99-30-28-97-26-24-83-46-57(81-82-83)19-22-68(89)54-15-11-52(12-16-54)45-85-70(90)44-69(108-3)74(85)93/h13-14,17-18,20-21,42-43,46,52,54-55,69,86H,4-12,15-16,19,22-41,44-45,47-51,78H2,1-3H3,(H,79,91)/t52?,54?,55-,69?,77+/m1/s1. The van der Waals surface area contributed by atoms with Gasteiger partial charge < -0.3 is 77.6 Å². The van der Waals surface area contributed by atoms with E-state index in [4.69, 9.17) is 67.6 Å². The van der Waals surface area contributed by atoms with Gasteiger partial charge in [0.1, 0.15) is 38.0 Å². The first-order valence-corrected chi connectivity index (χ1v) is 38.9. The molecule has 0 spiro atoms. The van der Waals surface area contributed by atoms with Crippen LogP contribution in [0.2, 0.25) is 0 Å². The molecule has 1 unspecified atom stereocenters. The second-order valence-electron chi connectivity index (χ2n) is 27.1. The van der Waals surface area contributed by atoms with Crippen molar-refractivity contribution in [1.29, 1.82) is 0 Å². The highest BCUT2D eigenvalue weighted by Crippen LogP contribution is 2.43. The van der Waals surface area contributed by atoms with Gasteiger partial charge in [0, 0.05) is 85.5 Å². The second kappa shape index (κ2) is 44.0. The zero-order valence-corrected chi connectivity index (χ0v) is 63.1. The molecule has 30 nitrogen and oxygen atoms in total. The number of aromatic nitrogens is 5. The molecule has 0 bridgehead atoms. The average molecular weight is 1530 g/mol. The summed E-state index contributed by atoms with van der Waals surface area (Å²) in [5.74, 6) is -2.02. The lowest BCUT2D eigenvalue weighted by Crippen LogP contribution is -2.47. The van der Waals surface area contributed by atoms with Crippen LogP contribution in [0.4, 0.5) is 10.5 Å². The number of carbonyl (C=O) groups is 8. The van der Waals surface area contributed by atoms with Crippen molar-refractivity contribution in [3.8, 4) is 17.1 Å². The monoisotopic (exact) mass is 1520 g/mol. The number of phenols is 1. The molecule has 3 amide bonds. The molecule has 31 heteroatoms. The van der Waals surface area contributed by atoms with Crippen LogP contribution >= 0.6 is 11.8 Å². The Bertz CT molecular complexity index is 3860. The Hall–Kier alpha value is -7.95.